The first-order valence-electron chi connectivity index (χ1n) is 10.0. The van der Waals surface area contributed by atoms with E-state index in [-0.39, 0.29) is 24.9 Å². The van der Waals surface area contributed by atoms with Crippen LogP contribution in [0.1, 0.15) is 31.7 Å². The summed E-state index contributed by atoms with van der Waals surface area (Å²) in [4.78, 5) is 38.9. The minimum atomic E-state index is -0.926. The van der Waals surface area contributed by atoms with Gasteiger partial charge < -0.3 is 19.5 Å². The van der Waals surface area contributed by atoms with E-state index >= 15 is 0 Å². The molecule has 1 aromatic carbocycles. The van der Waals surface area contributed by atoms with Gasteiger partial charge in [-0.15, -0.1) is 0 Å². The molecule has 0 unspecified atom stereocenters. The standard InChI is InChI=1S/C23H26ClNO6/c1-12-11-16-20(21(26)17(12)22(27)30-4)19(14-5-7-15(24)8-6-14)18(13(2)25-16)23(28)31-10-9-29-3/h5-8,12,17,19,25H,9-11H2,1-4H3/t12-,17+,19+/m0/s1. The number of ketones is 1. The van der Waals surface area contributed by atoms with Gasteiger partial charge in [-0.3, -0.25) is 9.59 Å². The lowest BCUT2D eigenvalue weighted by molar-refractivity contribution is -0.151. The smallest absolute Gasteiger partial charge is 0.336 e. The minimum Gasteiger partial charge on any atom is -0.468 e. The number of Topliss-reactive ketones (excluding diaryl/α,β-unsaturated/α-hetero) is 1. The van der Waals surface area contributed by atoms with Gasteiger partial charge in [-0.1, -0.05) is 30.7 Å². The molecular weight excluding hydrogens is 422 g/mol. The molecule has 1 heterocycles. The summed E-state index contributed by atoms with van der Waals surface area (Å²) in [5.74, 6) is -3.31. The highest BCUT2D eigenvalue weighted by molar-refractivity contribution is 6.30. The highest BCUT2D eigenvalue weighted by Crippen LogP contribution is 2.45. The molecule has 0 amide bonds. The van der Waals surface area contributed by atoms with Crippen molar-refractivity contribution < 1.29 is 28.6 Å². The van der Waals surface area contributed by atoms with Crippen molar-refractivity contribution in [3.05, 3.63) is 57.4 Å². The normalized spacial score (nSPS) is 23.3. The van der Waals surface area contributed by atoms with Crippen LogP contribution in [0.25, 0.3) is 0 Å². The molecule has 0 radical (unpaired) electrons. The van der Waals surface area contributed by atoms with Crippen LogP contribution in [0.4, 0.5) is 0 Å². The Bertz CT molecular complexity index is 949. The number of halogens is 1. The van der Waals surface area contributed by atoms with Crippen molar-refractivity contribution >= 4 is 29.3 Å². The van der Waals surface area contributed by atoms with Crippen LogP contribution < -0.4 is 5.32 Å². The third kappa shape index (κ3) is 4.52. The Balaban J connectivity index is 2.11. The first-order valence-corrected chi connectivity index (χ1v) is 10.4. The van der Waals surface area contributed by atoms with Crippen LogP contribution >= 0.6 is 11.6 Å². The number of hydrogen-bond donors (Lipinski definition) is 1. The molecule has 1 aliphatic heterocycles. The number of carbonyl (C=O) groups excluding carboxylic acids is 3. The first-order chi connectivity index (χ1) is 14.8. The Kier molecular flexibility index (Phi) is 7.18. The van der Waals surface area contributed by atoms with Gasteiger partial charge in [-0.05, 0) is 37.0 Å². The summed E-state index contributed by atoms with van der Waals surface area (Å²) < 4.78 is 15.2. The molecule has 0 spiro atoms. The number of ether oxygens (including phenoxy) is 3. The van der Waals surface area contributed by atoms with E-state index < -0.39 is 23.8 Å². The van der Waals surface area contributed by atoms with Crippen LogP contribution in [-0.2, 0) is 28.6 Å². The maximum atomic E-state index is 13.5. The molecule has 0 saturated carbocycles. The highest BCUT2D eigenvalue weighted by atomic mass is 35.5. The number of carbonyl (C=O) groups is 3. The average molecular weight is 448 g/mol. The lowest BCUT2D eigenvalue weighted by Crippen LogP contribution is -2.43. The molecule has 1 aromatic rings. The second-order valence-electron chi connectivity index (χ2n) is 7.72. The van der Waals surface area contributed by atoms with E-state index in [2.05, 4.69) is 5.32 Å². The van der Waals surface area contributed by atoms with Gasteiger partial charge in [0.25, 0.3) is 0 Å². The van der Waals surface area contributed by atoms with E-state index in [9.17, 15) is 14.4 Å². The zero-order valence-electron chi connectivity index (χ0n) is 18.0. The fraction of sp³-hybridized carbons (Fsp3) is 0.435. The van der Waals surface area contributed by atoms with E-state index in [1.165, 1.54) is 14.2 Å². The maximum absolute atomic E-state index is 13.5. The second kappa shape index (κ2) is 9.66. The van der Waals surface area contributed by atoms with Gasteiger partial charge in [-0.25, -0.2) is 4.79 Å². The predicted octanol–water partition coefficient (Wildman–Crippen LogP) is 3.14. The number of nitrogens with one attached hydrogen (secondary N) is 1. The Morgan fingerprint density at radius 2 is 1.84 bits per heavy atom. The molecule has 0 aromatic heterocycles. The molecule has 2 aliphatic rings. The van der Waals surface area contributed by atoms with Crippen LogP contribution in [0.5, 0.6) is 0 Å². The molecule has 0 saturated heterocycles. The molecule has 3 rings (SSSR count). The number of dihydropyridines is 1. The largest absolute Gasteiger partial charge is 0.468 e. The molecule has 0 fully saturated rings. The van der Waals surface area contributed by atoms with E-state index in [1.807, 2.05) is 6.92 Å². The zero-order valence-corrected chi connectivity index (χ0v) is 18.7. The molecule has 31 heavy (non-hydrogen) atoms. The van der Waals surface area contributed by atoms with Gasteiger partial charge in [0.1, 0.15) is 12.5 Å². The Morgan fingerprint density at radius 1 is 1.16 bits per heavy atom. The van der Waals surface area contributed by atoms with Gasteiger partial charge in [-0.2, -0.15) is 0 Å². The Labute approximate surface area is 186 Å². The van der Waals surface area contributed by atoms with Crippen molar-refractivity contribution in [1.82, 2.24) is 5.32 Å². The summed E-state index contributed by atoms with van der Waals surface area (Å²) in [6.45, 7) is 3.96. The number of rotatable bonds is 6. The Hall–Kier alpha value is -2.64. The fourth-order valence-electron chi connectivity index (χ4n) is 4.24. The topological polar surface area (TPSA) is 90.9 Å². The molecule has 1 aliphatic carbocycles. The fourth-order valence-corrected chi connectivity index (χ4v) is 4.36. The van der Waals surface area contributed by atoms with Crippen LogP contribution in [-0.4, -0.2) is 45.2 Å². The van der Waals surface area contributed by atoms with Gasteiger partial charge in [0.05, 0.1) is 19.3 Å². The van der Waals surface area contributed by atoms with Gasteiger partial charge in [0.2, 0.25) is 0 Å². The van der Waals surface area contributed by atoms with Crippen LogP contribution in [0.15, 0.2) is 46.8 Å². The van der Waals surface area contributed by atoms with Crippen LogP contribution in [0.3, 0.4) is 0 Å². The van der Waals surface area contributed by atoms with E-state index in [4.69, 9.17) is 25.8 Å². The zero-order chi connectivity index (χ0) is 22.7. The number of benzene rings is 1. The number of hydrogen-bond acceptors (Lipinski definition) is 7. The lowest BCUT2D eigenvalue weighted by Gasteiger charge is -2.38. The third-order valence-corrected chi connectivity index (χ3v) is 5.94. The number of esters is 2. The van der Waals surface area contributed by atoms with E-state index in [0.29, 0.717) is 39.5 Å². The summed E-state index contributed by atoms with van der Waals surface area (Å²) in [6.07, 6.45) is 0.480. The van der Waals surface area contributed by atoms with Crippen molar-refractivity contribution in [1.29, 1.82) is 0 Å². The monoisotopic (exact) mass is 447 g/mol. The average Bonchev–Trinajstić information content (AvgIpc) is 2.73. The highest BCUT2D eigenvalue weighted by Gasteiger charge is 2.47. The number of methoxy groups -OCH3 is 2. The first kappa shape index (κ1) is 23.0. The van der Waals surface area contributed by atoms with Crippen LogP contribution in [0, 0.1) is 11.8 Å². The Morgan fingerprint density at radius 3 is 2.45 bits per heavy atom. The number of allylic oxidation sites excluding steroid dienone is 3. The molecule has 3 atom stereocenters. The lowest BCUT2D eigenvalue weighted by atomic mass is 9.69. The molecule has 8 heteroatoms. The predicted molar refractivity (Wildman–Crippen MR) is 114 cm³/mol. The SMILES string of the molecule is COCCOC(=O)C1=C(C)NC2=C(C(=O)[C@H](C(=O)OC)[C@@H](C)C2)[C@@H]1c1ccc(Cl)cc1. The quantitative estimate of drug-likeness (QED) is 0.407. The molecule has 1 N–H and O–H groups in total. The molecular formula is C23H26ClNO6. The summed E-state index contributed by atoms with van der Waals surface area (Å²) >= 11 is 6.06. The van der Waals surface area contributed by atoms with Crippen molar-refractivity contribution in [2.75, 3.05) is 27.4 Å². The van der Waals surface area contributed by atoms with Crippen molar-refractivity contribution in [3.8, 4) is 0 Å². The van der Waals surface area contributed by atoms with Crippen molar-refractivity contribution in [3.63, 3.8) is 0 Å². The van der Waals surface area contributed by atoms with Gasteiger partial charge in [0.15, 0.2) is 5.78 Å². The van der Waals surface area contributed by atoms with Crippen molar-refractivity contribution in [2.45, 2.75) is 26.2 Å². The van der Waals surface area contributed by atoms with Gasteiger partial charge in [0, 0.05) is 35.0 Å². The van der Waals surface area contributed by atoms with Crippen molar-refractivity contribution in [2.24, 2.45) is 11.8 Å². The molecule has 166 valence electrons. The van der Waals surface area contributed by atoms with E-state index in [0.717, 1.165) is 0 Å². The van der Waals surface area contributed by atoms with Crippen LogP contribution in [0.2, 0.25) is 5.02 Å². The summed E-state index contributed by atoms with van der Waals surface area (Å²) in [5.41, 5.74) is 2.74. The minimum absolute atomic E-state index is 0.0844. The maximum Gasteiger partial charge on any atom is 0.336 e. The summed E-state index contributed by atoms with van der Waals surface area (Å²) in [5, 5.41) is 3.75. The van der Waals surface area contributed by atoms with Gasteiger partial charge >= 0.3 is 11.9 Å². The van der Waals surface area contributed by atoms with E-state index in [1.54, 1.807) is 31.2 Å². The molecule has 0 bridgehead atoms. The second-order valence-corrected chi connectivity index (χ2v) is 8.15. The summed E-state index contributed by atoms with van der Waals surface area (Å²) in [7, 11) is 2.79. The summed E-state index contributed by atoms with van der Waals surface area (Å²) in [6, 6.07) is 6.96. The third-order valence-electron chi connectivity index (χ3n) is 5.69. The molecule has 7 nitrogen and oxygen atoms in total.